The monoisotopic (exact) mass is 470 g/mol. The quantitative estimate of drug-likeness (QED) is 0.549. The Morgan fingerprint density at radius 2 is 1.76 bits per heavy atom. The van der Waals surface area contributed by atoms with E-state index in [4.69, 9.17) is 11.6 Å². The molecule has 0 N–H and O–H groups in total. The number of anilines is 1. The molecule has 0 radical (unpaired) electrons. The summed E-state index contributed by atoms with van der Waals surface area (Å²) in [5.41, 5.74) is 3.66. The summed E-state index contributed by atoms with van der Waals surface area (Å²) >= 11 is 9.62. The van der Waals surface area contributed by atoms with Crippen molar-refractivity contribution >= 4 is 39.3 Å². The van der Waals surface area contributed by atoms with Gasteiger partial charge in [0.25, 0.3) is 5.91 Å². The minimum atomic E-state index is -0.0445. The average molecular weight is 472 g/mol. The zero-order valence-corrected chi connectivity index (χ0v) is 18.3. The van der Waals surface area contributed by atoms with E-state index in [1.807, 2.05) is 35.2 Å². The van der Waals surface area contributed by atoms with Crippen molar-refractivity contribution in [2.24, 2.45) is 0 Å². The number of aromatic nitrogens is 2. The van der Waals surface area contributed by atoms with Gasteiger partial charge in [-0.1, -0.05) is 51.8 Å². The number of carbonyl (C=O) groups excluding carboxylic acids is 1. The second kappa shape index (κ2) is 8.51. The number of benzene rings is 2. The highest BCUT2D eigenvalue weighted by atomic mass is 79.9. The fourth-order valence-corrected chi connectivity index (χ4v) is 4.03. The molecule has 148 valence electrons. The summed E-state index contributed by atoms with van der Waals surface area (Å²) in [5, 5.41) is 9.30. The van der Waals surface area contributed by atoms with E-state index in [0.717, 1.165) is 21.5 Å². The Balaban J connectivity index is 1.43. The molecule has 1 aromatic heterocycles. The van der Waals surface area contributed by atoms with E-state index in [-0.39, 0.29) is 5.91 Å². The van der Waals surface area contributed by atoms with Gasteiger partial charge in [-0.2, -0.15) is 0 Å². The van der Waals surface area contributed by atoms with E-state index in [9.17, 15) is 4.79 Å². The van der Waals surface area contributed by atoms with Crippen LogP contribution in [0.4, 0.5) is 5.82 Å². The third kappa shape index (κ3) is 4.28. The van der Waals surface area contributed by atoms with E-state index in [1.54, 1.807) is 12.1 Å². The van der Waals surface area contributed by atoms with Crippen LogP contribution >= 0.6 is 27.5 Å². The average Bonchev–Trinajstić information content (AvgIpc) is 2.76. The van der Waals surface area contributed by atoms with Crippen LogP contribution in [-0.2, 0) is 0 Å². The van der Waals surface area contributed by atoms with Crippen LogP contribution in [0, 0.1) is 6.92 Å². The highest BCUT2D eigenvalue weighted by Crippen LogP contribution is 2.25. The molecule has 7 heteroatoms. The molecule has 1 aliphatic heterocycles. The number of hydrogen-bond donors (Lipinski definition) is 0. The Labute approximate surface area is 183 Å². The molecule has 29 heavy (non-hydrogen) atoms. The van der Waals surface area contributed by atoms with Crippen molar-refractivity contribution in [3.8, 4) is 11.3 Å². The maximum atomic E-state index is 12.8. The molecule has 0 spiro atoms. The van der Waals surface area contributed by atoms with Crippen LogP contribution in [0.2, 0.25) is 5.02 Å². The Bertz CT molecular complexity index is 1030. The van der Waals surface area contributed by atoms with Crippen LogP contribution < -0.4 is 4.90 Å². The zero-order valence-electron chi connectivity index (χ0n) is 16.0. The Morgan fingerprint density at radius 1 is 1.00 bits per heavy atom. The molecule has 1 saturated heterocycles. The predicted molar refractivity (Wildman–Crippen MR) is 119 cm³/mol. The first-order valence-corrected chi connectivity index (χ1v) is 10.6. The highest BCUT2D eigenvalue weighted by Gasteiger charge is 2.24. The number of rotatable bonds is 3. The number of aryl methyl sites for hydroxylation is 1. The number of amides is 1. The van der Waals surface area contributed by atoms with Crippen molar-refractivity contribution < 1.29 is 4.79 Å². The number of halogens is 2. The molecule has 1 amide bonds. The number of hydrogen-bond acceptors (Lipinski definition) is 4. The summed E-state index contributed by atoms with van der Waals surface area (Å²) < 4.78 is 0.841. The van der Waals surface area contributed by atoms with Gasteiger partial charge in [-0.15, -0.1) is 10.2 Å². The first-order chi connectivity index (χ1) is 14.0. The third-order valence-electron chi connectivity index (χ3n) is 5.12. The van der Waals surface area contributed by atoms with Gasteiger partial charge in [-0.05, 0) is 42.8 Å². The van der Waals surface area contributed by atoms with Crippen molar-refractivity contribution in [2.75, 3.05) is 31.1 Å². The van der Waals surface area contributed by atoms with E-state index < -0.39 is 0 Å². The van der Waals surface area contributed by atoms with Gasteiger partial charge in [0.2, 0.25) is 0 Å². The van der Waals surface area contributed by atoms with Crippen LogP contribution in [0.15, 0.2) is 59.1 Å². The van der Waals surface area contributed by atoms with E-state index in [0.29, 0.717) is 36.8 Å². The van der Waals surface area contributed by atoms with Crippen molar-refractivity contribution in [1.29, 1.82) is 0 Å². The lowest BCUT2D eigenvalue weighted by Gasteiger charge is -2.35. The number of nitrogens with zero attached hydrogens (tertiary/aromatic N) is 4. The molecule has 0 unspecified atom stereocenters. The molecular weight excluding hydrogens is 452 g/mol. The van der Waals surface area contributed by atoms with Crippen molar-refractivity contribution in [3.05, 3.63) is 75.2 Å². The second-order valence-corrected chi connectivity index (χ2v) is 8.32. The van der Waals surface area contributed by atoms with Gasteiger partial charge in [0, 0.05) is 36.2 Å². The second-order valence-electron chi connectivity index (χ2n) is 7.00. The minimum Gasteiger partial charge on any atom is -0.352 e. The highest BCUT2D eigenvalue weighted by molar-refractivity contribution is 9.10. The summed E-state index contributed by atoms with van der Waals surface area (Å²) in [5.74, 6) is 0.784. The third-order valence-corrected chi connectivity index (χ3v) is 5.94. The normalized spacial score (nSPS) is 14.2. The van der Waals surface area contributed by atoms with E-state index >= 15 is 0 Å². The molecule has 4 rings (SSSR count). The Hall–Kier alpha value is -2.44. The first-order valence-electron chi connectivity index (χ1n) is 9.42. The number of piperazine rings is 1. The molecule has 5 nitrogen and oxygen atoms in total. The molecule has 0 bridgehead atoms. The number of carbonyl (C=O) groups is 1. The summed E-state index contributed by atoms with van der Waals surface area (Å²) in [6, 6.07) is 17.5. The van der Waals surface area contributed by atoms with Crippen LogP contribution in [0.25, 0.3) is 11.3 Å². The van der Waals surface area contributed by atoms with Gasteiger partial charge in [0.15, 0.2) is 5.82 Å². The fraction of sp³-hybridized carbons (Fsp3) is 0.227. The molecule has 0 aliphatic carbocycles. The van der Waals surface area contributed by atoms with Crippen LogP contribution in [0.5, 0.6) is 0 Å². The van der Waals surface area contributed by atoms with Gasteiger partial charge in [-0.25, -0.2) is 0 Å². The molecule has 2 heterocycles. The molecule has 1 aliphatic rings. The van der Waals surface area contributed by atoms with E-state index in [2.05, 4.69) is 50.1 Å². The largest absolute Gasteiger partial charge is 0.352 e. The lowest BCUT2D eigenvalue weighted by Crippen LogP contribution is -2.49. The van der Waals surface area contributed by atoms with Crippen molar-refractivity contribution in [2.45, 2.75) is 6.92 Å². The molecule has 0 atom stereocenters. The zero-order chi connectivity index (χ0) is 20.4. The lowest BCUT2D eigenvalue weighted by atomic mass is 10.1. The summed E-state index contributed by atoms with van der Waals surface area (Å²) in [6.45, 7) is 4.70. The maximum absolute atomic E-state index is 12.8. The summed E-state index contributed by atoms with van der Waals surface area (Å²) in [7, 11) is 0. The lowest BCUT2D eigenvalue weighted by molar-refractivity contribution is 0.0746. The predicted octanol–water partition coefficient (Wildman–Crippen LogP) is 4.83. The minimum absolute atomic E-state index is 0.0445. The van der Waals surface area contributed by atoms with Gasteiger partial charge in [-0.3, -0.25) is 4.79 Å². The fourth-order valence-electron chi connectivity index (χ4n) is 3.47. The van der Waals surface area contributed by atoms with Crippen LogP contribution in [-0.4, -0.2) is 47.2 Å². The Morgan fingerprint density at radius 3 is 2.45 bits per heavy atom. The SMILES string of the molecule is Cc1ccccc1-c1ccc(N2CCN(C(=O)c3cc(Br)ccc3Cl)CC2)nn1. The molecule has 0 saturated carbocycles. The Kier molecular flexibility index (Phi) is 5.83. The molecule has 2 aromatic carbocycles. The molecule has 3 aromatic rings. The topological polar surface area (TPSA) is 49.3 Å². The summed E-state index contributed by atoms with van der Waals surface area (Å²) in [6.07, 6.45) is 0. The van der Waals surface area contributed by atoms with Crippen molar-refractivity contribution in [1.82, 2.24) is 15.1 Å². The molecule has 1 fully saturated rings. The van der Waals surface area contributed by atoms with E-state index in [1.165, 1.54) is 5.56 Å². The maximum Gasteiger partial charge on any atom is 0.255 e. The van der Waals surface area contributed by atoms with Crippen LogP contribution in [0.3, 0.4) is 0 Å². The van der Waals surface area contributed by atoms with Gasteiger partial charge >= 0.3 is 0 Å². The molecular formula is C22H20BrClN4O. The summed E-state index contributed by atoms with van der Waals surface area (Å²) in [4.78, 5) is 16.8. The van der Waals surface area contributed by atoms with Crippen LogP contribution in [0.1, 0.15) is 15.9 Å². The van der Waals surface area contributed by atoms with Crippen molar-refractivity contribution in [3.63, 3.8) is 0 Å². The van der Waals surface area contributed by atoms with Gasteiger partial charge in [0.1, 0.15) is 0 Å². The standard InChI is InChI=1S/C22H20BrClN4O/c1-15-4-2-3-5-17(15)20-8-9-21(26-25-20)27-10-12-28(13-11-27)22(29)18-14-16(23)6-7-19(18)24/h2-9,14H,10-13H2,1H3. The van der Waals surface area contributed by atoms with Gasteiger partial charge in [0.05, 0.1) is 16.3 Å². The van der Waals surface area contributed by atoms with Gasteiger partial charge < -0.3 is 9.80 Å². The first kappa shape index (κ1) is 19.9. The smallest absolute Gasteiger partial charge is 0.255 e.